The van der Waals surface area contributed by atoms with Gasteiger partial charge in [-0.15, -0.1) is 0 Å². The summed E-state index contributed by atoms with van der Waals surface area (Å²) in [6.07, 6.45) is 1.64. The average Bonchev–Trinajstić information content (AvgIpc) is 2.91. The molecule has 0 radical (unpaired) electrons. The topological polar surface area (TPSA) is 73.4 Å². The summed E-state index contributed by atoms with van der Waals surface area (Å²) in [5, 5.41) is 0.00813. The van der Waals surface area contributed by atoms with Crippen LogP contribution in [0.1, 0.15) is 22.4 Å². The second-order valence-electron chi connectivity index (χ2n) is 5.96. The first-order valence-electron chi connectivity index (χ1n) is 7.66. The maximum atomic E-state index is 14.6. The van der Waals surface area contributed by atoms with Crippen LogP contribution in [0.15, 0.2) is 52.1 Å². The van der Waals surface area contributed by atoms with Gasteiger partial charge in [0.25, 0.3) is 5.95 Å². The van der Waals surface area contributed by atoms with Crippen LogP contribution in [-0.2, 0) is 5.54 Å². The Kier molecular flexibility index (Phi) is 3.17. The molecule has 1 aromatic carbocycles. The van der Waals surface area contributed by atoms with E-state index in [1.165, 1.54) is 0 Å². The summed E-state index contributed by atoms with van der Waals surface area (Å²) in [4.78, 5) is 12.8. The lowest BCUT2D eigenvalue weighted by Gasteiger charge is -2.35. The molecule has 0 bridgehead atoms. The van der Waals surface area contributed by atoms with Crippen LogP contribution in [0.2, 0.25) is 5.15 Å². The predicted octanol–water partition coefficient (Wildman–Crippen LogP) is 4.15. The Morgan fingerprint density at radius 3 is 2.85 bits per heavy atom. The quantitative estimate of drug-likeness (QED) is 0.543. The van der Waals surface area contributed by atoms with Crippen LogP contribution < -0.4 is 10.5 Å². The van der Waals surface area contributed by atoms with Crippen molar-refractivity contribution in [2.24, 2.45) is 10.7 Å². The summed E-state index contributed by atoms with van der Waals surface area (Å²) in [7, 11) is 0. The second kappa shape index (κ2) is 5.25. The first kappa shape index (κ1) is 15.7. The van der Waals surface area contributed by atoms with E-state index in [4.69, 9.17) is 27.1 Å². The molecule has 5 nitrogen and oxygen atoms in total. The van der Waals surface area contributed by atoms with Crippen molar-refractivity contribution in [2.45, 2.75) is 5.54 Å². The molecule has 0 saturated carbocycles. The highest BCUT2D eigenvalue weighted by molar-refractivity contribution is 9.10. The number of rotatable bonds is 0. The summed E-state index contributed by atoms with van der Waals surface area (Å²) < 4.78 is 21.2. The summed E-state index contributed by atoms with van der Waals surface area (Å²) in [6, 6.07) is 10.7. The summed E-state index contributed by atoms with van der Waals surface area (Å²) in [6.45, 7) is 0. The summed E-state index contributed by atoms with van der Waals surface area (Å²) >= 11 is 9.54. The lowest BCUT2D eigenvalue weighted by molar-refractivity contribution is 0.385. The Hall–Kier alpha value is -2.51. The molecular weight excluding hydrogens is 423 g/mol. The third kappa shape index (κ3) is 1.92. The number of ether oxygens (including phenoxy) is 1. The normalized spacial score (nSPS) is 19.4. The van der Waals surface area contributed by atoms with Crippen molar-refractivity contribution in [1.29, 1.82) is 0 Å². The van der Waals surface area contributed by atoms with Gasteiger partial charge in [0.1, 0.15) is 28.0 Å². The maximum absolute atomic E-state index is 14.6. The average molecular weight is 432 g/mol. The van der Waals surface area contributed by atoms with Gasteiger partial charge in [-0.1, -0.05) is 33.6 Å². The van der Waals surface area contributed by atoms with E-state index in [9.17, 15) is 4.39 Å². The number of aromatic nitrogens is 2. The minimum absolute atomic E-state index is 0.00813. The largest absolute Gasteiger partial charge is 0.452 e. The summed E-state index contributed by atoms with van der Waals surface area (Å²) in [5.41, 5.74) is 7.52. The van der Waals surface area contributed by atoms with Crippen molar-refractivity contribution in [2.75, 3.05) is 0 Å². The Morgan fingerprint density at radius 2 is 2.00 bits per heavy atom. The first-order valence-corrected chi connectivity index (χ1v) is 8.83. The molecule has 2 N–H and O–H groups in total. The van der Waals surface area contributed by atoms with Gasteiger partial charge in [-0.3, -0.25) is 4.98 Å². The minimum atomic E-state index is -1.10. The molecule has 3 aromatic rings. The number of hydrogen-bond acceptors (Lipinski definition) is 5. The van der Waals surface area contributed by atoms with Crippen LogP contribution >= 0.6 is 27.5 Å². The Morgan fingerprint density at radius 1 is 1.15 bits per heavy atom. The van der Waals surface area contributed by atoms with Gasteiger partial charge in [0.15, 0.2) is 5.75 Å². The highest BCUT2D eigenvalue weighted by Crippen LogP contribution is 2.56. The van der Waals surface area contributed by atoms with E-state index in [1.807, 2.05) is 18.2 Å². The van der Waals surface area contributed by atoms with Gasteiger partial charge in [0.05, 0.1) is 0 Å². The van der Waals surface area contributed by atoms with Crippen LogP contribution in [-0.4, -0.2) is 15.8 Å². The maximum Gasteiger partial charge on any atom is 0.257 e. The van der Waals surface area contributed by atoms with Crippen LogP contribution in [0.25, 0.3) is 0 Å². The fraction of sp³-hybridized carbons (Fsp3) is 0.0556. The van der Waals surface area contributed by atoms with Gasteiger partial charge in [-0.2, -0.15) is 4.39 Å². The monoisotopic (exact) mass is 430 g/mol. The zero-order valence-corrected chi connectivity index (χ0v) is 15.3. The lowest BCUT2D eigenvalue weighted by atomic mass is 9.76. The number of amidine groups is 1. The van der Waals surface area contributed by atoms with Crippen molar-refractivity contribution in [3.63, 3.8) is 0 Å². The van der Waals surface area contributed by atoms with Crippen LogP contribution in [0.4, 0.5) is 4.39 Å². The van der Waals surface area contributed by atoms with Crippen molar-refractivity contribution in [3.8, 4) is 11.5 Å². The zero-order valence-electron chi connectivity index (χ0n) is 13.0. The van der Waals surface area contributed by atoms with Crippen molar-refractivity contribution in [3.05, 3.63) is 80.6 Å². The van der Waals surface area contributed by atoms with Crippen molar-refractivity contribution >= 4 is 33.4 Å². The van der Waals surface area contributed by atoms with E-state index in [0.29, 0.717) is 17.0 Å². The SMILES string of the molecule is NC1=N[C@]2(c3cc(Br)ccc3Oc3c2cc(Cl)nc3F)c2cccnc21. The van der Waals surface area contributed by atoms with Crippen molar-refractivity contribution in [1.82, 2.24) is 9.97 Å². The minimum Gasteiger partial charge on any atom is -0.452 e. The highest BCUT2D eigenvalue weighted by atomic mass is 79.9. The fourth-order valence-electron chi connectivity index (χ4n) is 3.57. The van der Waals surface area contributed by atoms with E-state index >= 15 is 0 Å². The molecular formula is C18H9BrClFN4O. The van der Waals surface area contributed by atoms with Gasteiger partial charge >= 0.3 is 0 Å². The van der Waals surface area contributed by atoms with Gasteiger partial charge < -0.3 is 10.5 Å². The van der Waals surface area contributed by atoms with Gasteiger partial charge in [-0.05, 0) is 30.3 Å². The van der Waals surface area contributed by atoms with Crippen molar-refractivity contribution < 1.29 is 9.13 Å². The number of nitrogens with zero attached hydrogens (tertiary/aromatic N) is 3. The number of nitrogens with two attached hydrogens (primary N) is 1. The van der Waals surface area contributed by atoms with E-state index in [2.05, 4.69) is 25.9 Å². The van der Waals surface area contributed by atoms with E-state index in [1.54, 1.807) is 24.4 Å². The molecule has 1 atom stereocenters. The lowest BCUT2D eigenvalue weighted by Crippen LogP contribution is -2.30. The van der Waals surface area contributed by atoms with E-state index in [0.717, 1.165) is 15.6 Å². The molecule has 0 amide bonds. The molecule has 128 valence electrons. The van der Waals surface area contributed by atoms with Gasteiger partial charge in [-0.25, -0.2) is 9.98 Å². The third-order valence-corrected chi connectivity index (χ3v) is 5.25. The van der Waals surface area contributed by atoms with Crippen LogP contribution in [0.3, 0.4) is 0 Å². The smallest absolute Gasteiger partial charge is 0.257 e. The highest BCUT2D eigenvalue weighted by Gasteiger charge is 2.50. The molecule has 26 heavy (non-hydrogen) atoms. The number of halogens is 3. The number of pyridine rings is 2. The molecule has 0 unspecified atom stereocenters. The Balaban J connectivity index is 1.97. The molecule has 2 aliphatic heterocycles. The standard InChI is InChI=1S/C18H9BrClFN4O/c19-8-3-4-12-10(6-8)18(9-2-1-5-23-14(9)17(22)25-18)11-7-13(20)24-16(21)15(11)26-12/h1-7H,(H2,22,25)/t18-/m0/s1. The molecule has 0 aliphatic carbocycles. The molecule has 0 fully saturated rings. The molecule has 8 heteroatoms. The molecule has 2 aliphatic rings. The molecule has 2 aromatic heterocycles. The third-order valence-electron chi connectivity index (χ3n) is 4.56. The zero-order chi connectivity index (χ0) is 18.1. The van der Waals surface area contributed by atoms with Gasteiger partial charge in [0, 0.05) is 27.4 Å². The Labute approximate surface area is 160 Å². The number of fused-ring (bicyclic) bond motifs is 6. The van der Waals surface area contributed by atoms with E-state index < -0.39 is 11.5 Å². The van der Waals surface area contributed by atoms with Gasteiger partial charge in [0.2, 0.25) is 0 Å². The molecule has 0 saturated heterocycles. The first-order chi connectivity index (χ1) is 12.5. The van der Waals surface area contributed by atoms with Crippen LogP contribution in [0, 0.1) is 5.95 Å². The number of aliphatic imine (C=N–C) groups is 1. The summed E-state index contributed by atoms with van der Waals surface area (Å²) in [5.74, 6) is -0.0753. The number of benzene rings is 1. The molecule has 1 spiro atoms. The van der Waals surface area contributed by atoms with Crippen LogP contribution in [0.5, 0.6) is 11.5 Å². The van der Waals surface area contributed by atoms with E-state index in [-0.39, 0.29) is 16.7 Å². The molecule has 4 heterocycles. The number of hydrogen-bond donors (Lipinski definition) is 1. The predicted molar refractivity (Wildman–Crippen MR) is 98.3 cm³/mol. The molecule has 5 rings (SSSR count). The second-order valence-corrected chi connectivity index (χ2v) is 7.26. The fourth-order valence-corrected chi connectivity index (χ4v) is 4.12. The Bertz CT molecular complexity index is 1140.